The average Bonchev–Trinajstić information content (AvgIpc) is 3.94. The summed E-state index contributed by atoms with van der Waals surface area (Å²) in [4.78, 5) is 2.44. The average molecular weight is 891 g/mol. The van der Waals surface area contributed by atoms with Crippen LogP contribution in [0.3, 0.4) is 0 Å². The van der Waals surface area contributed by atoms with Gasteiger partial charge in [-0.3, -0.25) is 0 Å². The van der Waals surface area contributed by atoms with Gasteiger partial charge in [0.05, 0.1) is 22.1 Å². The van der Waals surface area contributed by atoms with Crippen LogP contribution in [-0.2, 0) is 5.41 Å². The van der Waals surface area contributed by atoms with Crippen LogP contribution in [0.5, 0.6) is 0 Å². The number of hydrogen-bond acceptors (Lipinski definition) is 1. The minimum atomic E-state index is -0.668. The first kappa shape index (κ1) is 40.1. The lowest BCUT2D eigenvalue weighted by atomic mass is 9.65. The second-order valence-electron chi connectivity index (χ2n) is 18.8. The summed E-state index contributed by atoms with van der Waals surface area (Å²) in [5.74, 6) is -0.0157. The Labute approximate surface area is 408 Å². The van der Waals surface area contributed by atoms with Crippen molar-refractivity contribution in [3.05, 3.63) is 312 Å². The van der Waals surface area contributed by atoms with Gasteiger partial charge in [0, 0.05) is 33.8 Å². The molecule has 11 aromatic carbocycles. The number of hydrogen-bond donors (Lipinski definition) is 0. The van der Waals surface area contributed by atoms with Gasteiger partial charge < -0.3 is 9.47 Å². The molecule has 12 aromatic rings. The van der Waals surface area contributed by atoms with Gasteiger partial charge in [-0.1, -0.05) is 224 Å². The van der Waals surface area contributed by atoms with Crippen molar-refractivity contribution in [3.63, 3.8) is 0 Å². The minimum absolute atomic E-state index is 0.0157. The van der Waals surface area contributed by atoms with E-state index in [1.165, 1.54) is 99.8 Å². The first-order valence-electron chi connectivity index (χ1n) is 24.4. The van der Waals surface area contributed by atoms with E-state index in [-0.39, 0.29) is 5.92 Å². The van der Waals surface area contributed by atoms with Crippen LogP contribution in [-0.4, -0.2) is 4.57 Å². The predicted octanol–water partition coefficient (Wildman–Crippen LogP) is 17.4. The zero-order valence-corrected chi connectivity index (χ0v) is 38.5. The highest BCUT2D eigenvalue weighted by Crippen LogP contribution is 2.62. The lowest BCUT2D eigenvalue weighted by molar-refractivity contribution is 0.746. The summed E-state index contributed by atoms with van der Waals surface area (Å²) in [6, 6.07) is 101. The minimum Gasteiger partial charge on any atom is -0.310 e. The maximum atomic E-state index is 2.58. The normalized spacial score (nSPS) is 14.6. The second kappa shape index (κ2) is 16.1. The van der Waals surface area contributed by atoms with E-state index in [0.29, 0.717) is 0 Å². The molecule has 2 heterocycles. The number of fused-ring (bicyclic) bond motifs is 12. The van der Waals surface area contributed by atoms with Gasteiger partial charge in [0.1, 0.15) is 0 Å². The Kier molecular flexibility index (Phi) is 9.22. The van der Waals surface area contributed by atoms with Crippen LogP contribution in [0, 0.1) is 0 Å². The van der Waals surface area contributed by atoms with Crippen molar-refractivity contribution in [2.45, 2.75) is 11.3 Å². The molecule has 1 aliphatic heterocycles. The van der Waals surface area contributed by atoms with Gasteiger partial charge in [-0.05, 0) is 121 Å². The Hall–Kier alpha value is -8.98. The molecule has 1 aliphatic carbocycles. The Bertz CT molecular complexity index is 3770. The molecule has 2 aliphatic rings. The first-order chi connectivity index (χ1) is 34.7. The van der Waals surface area contributed by atoms with Gasteiger partial charge in [-0.15, -0.1) is 0 Å². The number of benzene rings is 11. The molecule has 2 heteroatoms. The van der Waals surface area contributed by atoms with Crippen LogP contribution in [0.4, 0.5) is 17.1 Å². The molecule has 0 bridgehead atoms. The number of nitrogens with zero attached hydrogens (tertiary/aromatic N) is 2. The van der Waals surface area contributed by atoms with Crippen LogP contribution in [0.2, 0.25) is 0 Å². The summed E-state index contributed by atoms with van der Waals surface area (Å²) in [5, 5.41) is 2.54. The van der Waals surface area contributed by atoms with E-state index in [1.54, 1.807) is 0 Å². The number of anilines is 3. The molecule has 2 unspecified atom stereocenters. The molecule has 0 saturated carbocycles. The maximum Gasteiger partial charge on any atom is 0.0755 e. The summed E-state index contributed by atoms with van der Waals surface area (Å²) in [6.45, 7) is 0. The monoisotopic (exact) mass is 890 g/mol. The fraction of sp³-hybridized carbons (Fsp3) is 0.0294. The summed E-state index contributed by atoms with van der Waals surface area (Å²) in [5.41, 5.74) is 22.7. The number of aromatic nitrogens is 1. The fourth-order valence-corrected chi connectivity index (χ4v) is 12.2. The molecule has 2 atom stereocenters. The third-order valence-electron chi connectivity index (χ3n) is 15.1. The van der Waals surface area contributed by atoms with Crippen molar-refractivity contribution in [2.24, 2.45) is 0 Å². The number of para-hydroxylation sites is 4. The Morgan fingerprint density at radius 2 is 0.829 bits per heavy atom. The molecule has 1 spiro atoms. The highest BCUT2D eigenvalue weighted by atomic mass is 15.1. The summed E-state index contributed by atoms with van der Waals surface area (Å²) in [7, 11) is 0. The van der Waals surface area contributed by atoms with Gasteiger partial charge in [-0.25, -0.2) is 0 Å². The molecule has 2 nitrogen and oxygen atoms in total. The number of rotatable bonds is 8. The third-order valence-corrected chi connectivity index (χ3v) is 15.1. The molecule has 70 heavy (non-hydrogen) atoms. The van der Waals surface area contributed by atoms with Crippen molar-refractivity contribution >= 4 is 38.9 Å². The summed E-state index contributed by atoms with van der Waals surface area (Å²) < 4.78 is 2.54. The zero-order valence-electron chi connectivity index (χ0n) is 38.5. The molecular weight excluding hydrogens is 845 g/mol. The SMILES string of the molecule is c1ccc(-c2cccc(C(c3ccccc3)c3ccc4c(c3)C3(c5cc(N(c6ccccc6)c6cccc(-c7ccccc7)c6)ccc5-4)c4ccccc4-n4c5ccccc5c5cccc3c54)c2)cc1. The molecule has 0 fully saturated rings. The molecule has 0 saturated heterocycles. The Morgan fingerprint density at radius 1 is 0.314 bits per heavy atom. The van der Waals surface area contributed by atoms with Gasteiger partial charge in [0.15, 0.2) is 0 Å². The molecule has 1 aromatic heterocycles. The van der Waals surface area contributed by atoms with E-state index in [2.05, 4.69) is 282 Å². The van der Waals surface area contributed by atoms with Crippen molar-refractivity contribution in [3.8, 4) is 39.1 Å². The standard InChI is InChI=1S/C68H46N2/c1-5-20-46(21-6-1)49-26-17-28-51(42-49)66(48-24-9-3-10-25-48)52-38-40-56-57-41-39-55(69(53-29-11-4-12-30-53)54-31-18-27-50(43-54)47-22-7-2-8-23-47)45-63(57)68(62(56)44-52)60-34-14-16-37-65(60)70-64-36-15-13-32-58(64)59-33-19-35-61(68)67(59)70/h1-45,66H. The van der Waals surface area contributed by atoms with E-state index < -0.39 is 5.41 Å². The lowest BCUT2D eigenvalue weighted by Crippen LogP contribution is -2.33. The first-order valence-corrected chi connectivity index (χ1v) is 24.4. The van der Waals surface area contributed by atoms with Crippen molar-refractivity contribution in [2.75, 3.05) is 4.90 Å². The van der Waals surface area contributed by atoms with Crippen molar-refractivity contribution in [1.29, 1.82) is 0 Å². The second-order valence-corrected chi connectivity index (χ2v) is 18.8. The topological polar surface area (TPSA) is 8.17 Å². The quantitative estimate of drug-likeness (QED) is 0.138. The van der Waals surface area contributed by atoms with Crippen LogP contribution < -0.4 is 4.90 Å². The van der Waals surface area contributed by atoms with Crippen LogP contribution in [0.15, 0.2) is 273 Å². The van der Waals surface area contributed by atoms with E-state index in [9.17, 15) is 0 Å². The fourth-order valence-electron chi connectivity index (χ4n) is 12.2. The highest BCUT2D eigenvalue weighted by molar-refractivity contribution is 6.13. The Morgan fingerprint density at radius 3 is 1.60 bits per heavy atom. The summed E-state index contributed by atoms with van der Waals surface area (Å²) >= 11 is 0. The van der Waals surface area contributed by atoms with Crippen LogP contribution >= 0.6 is 0 Å². The predicted molar refractivity (Wildman–Crippen MR) is 291 cm³/mol. The third kappa shape index (κ3) is 6.06. The van der Waals surface area contributed by atoms with E-state index >= 15 is 0 Å². The molecule has 328 valence electrons. The smallest absolute Gasteiger partial charge is 0.0755 e. The van der Waals surface area contributed by atoms with Gasteiger partial charge >= 0.3 is 0 Å². The van der Waals surface area contributed by atoms with Crippen LogP contribution in [0.1, 0.15) is 44.9 Å². The van der Waals surface area contributed by atoms with E-state index in [4.69, 9.17) is 0 Å². The molecule has 0 radical (unpaired) electrons. The highest BCUT2D eigenvalue weighted by Gasteiger charge is 2.51. The zero-order chi connectivity index (χ0) is 46.2. The van der Waals surface area contributed by atoms with Gasteiger partial charge in [0.25, 0.3) is 0 Å². The lowest BCUT2D eigenvalue weighted by Gasteiger charge is -2.40. The summed E-state index contributed by atoms with van der Waals surface area (Å²) in [6.07, 6.45) is 0. The molecule has 0 amide bonds. The van der Waals surface area contributed by atoms with E-state index in [0.717, 1.165) is 17.1 Å². The van der Waals surface area contributed by atoms with E-state index in [1.807, 2.05) is 0 Å². The van der Waals surface area contributed by atoms with Crippen molar-refractivity contribution in [1.82, 2.24) is 4.57 Å². The van der Waals surface area contributed by atoms with Gasteiger partial charge in [-0.2, -0.15) is 0 Å². The molecule has 0 N–H and O–H groups in total. The Balaban J connectivity index is 1.06. The van der Waals surface area contributed by atoms with Crippen LogP contribution in [0.25, 0.3) is 60.9 Å². The molecular formula is C68H46N2. The molecule has 14 rings (SSSR count). The largest absolute Gasteiger partial charge is 0.310 e. The van der Waals surface area contributed by atoms with Crippen molar-refractivity contribution < 1.29 is 0 Å². The maximum absolute atomic E-state index is 2.58. The van der Waals surface area contributed by atoms with Gasteiger partial charge in [0.2, 0.25) is 0 Å².